The summed E-state index contributed by atoms with van der Waals surface area (Å²) in [5.74, 6) is -1.36. The van der Waals surface area contributed by atoms with Crippen molar-refractivity contribution in [3.05, 3.63) is 39.5 Å². The molecule has 2 aliphatic rings. The van der Waals surface area contributed by atoms with E-state index in [9.17, 15) is 23.2 Å². The molecule has 2 aromatic rings. The van der Waals surface area contributed by atoms with Gasteiger partial charge in [-0.2, -0.15) is 8.78 Å². The van der Waals surface area contributed by atoms with Gasteiger partial charge >= 0.3 is 6.61 Å². The number of anilines is 2. The average molecular weight is 613 g/mol. The Kier molecular flexibility index (Phi) is 10.2. The van der Waals surface area contributed by atoms with Crippen LogP contribution in [0.25, 0.3) is 0 Å². The molecular weight excluding hydrogens is 578 g/mol. The highest BCUT2D eigenvalue weighted by Crippen LogP contribution is 2.35. The van der Waals surface area contributed by atoms with Crippen LogP contribution in [-0.2, 0) is 14.3 Å². The van der Waals surface area contributed by atoms with Gasteiger partial charge < -0.3 is 25.0 Å². The Morgan fingerprint density at radius 1 is 1.24 bits per heavy atom. The fourth-order valence-corrected chi connectivity index (χ4v) is 5.80. The van der Waals surface area contributed by atoms with Crippen molar-refractivity contribution < 1.29 is 32.6 Å². The molecule has 0 bridgehead atoms. The van der Waals surface area contributed by atoms with E-state index in [-0.39, 0.29) is 66.7 Å². The van der Waals surface area contributed by atoms with Crippen molar-refractivity contribution in [1.82, 2.24) is 10.2 Å². The second-order valence-electron chi connectivity index (χ2n) is 11.3. The van der Waals surface area contributed by atoms with E-state index in [4.69, 9.17) is 21.1 Å². The second kappa shape index (κ2) is 13.5. The van der Waals surface area contributed by atoms with Gasteiger partial charge in [0.25, 0.3) is 11.8 Å². The van der Waals surface area contributed by atoms with Gasteiger partial charge in [0.05, 0.1) is 21.5 Å². The molecule has 3 amide bonds. The third-order valence-corrected chi connectivity index (χ3v) is 8.11. The first-order valence-corrected chi connectivity index (χ1v) is 14.7. The number of carbonyl (C=O) groups is 3. The molecule has 4 rings (SSSR count). The number of alkyl halides is 2. The molecule has 13 heteroatoms. The molecule has 1 aromatic heterocycles. The molecule has 2 fully saturated rings. The highest BCUT2D eigenvalue weighted by Gasteiger charge is 2.37. The first kappa shape index (κ1) is 31.1. The lowest BCUT2D eigenvalue weighted by molar-refractivity contribution is -0.126. The minimum atomic E-state index is -3.13. The zero-order chi connectivity index (χ0) is 29.7. The molecule has 9 nitrogen and oxygen atoms in total. The molecule has 2 heterocycles. The van der Waals surface area contributed by atoms with E-state index in [1.807, 2.05) is 0 Å². The van der Waals surface area contributed by atoms with Gasteiger partial charge in [-0.25, -0.2) is 0 Å². The Morgan fingerprint density at radius 3 is 2.59 bits per heavy atom. The first-order valence-electron chi connectivity index (χ1n) is 13.5. The number of nitrogens with one attached hydrogen (secondary N) is 2. The van der Waals surface area contributed by atoms with Crippen LogP contribution in [0.2, 0.25) is 4.34 Å². The lowest BCUT2D eigenvalue weighted by Crippen LogP contribution is -2.58. The third-order valence-electron chi connectivity index (χ3n) is 6.88. The molecule has 1 atom stereocenters. The number of hydrogen-bond donors (Lipinski definition) is 2. The number of morpholine rings is 1. The van der Waals surface area contributed by atoms with E-state index in [1.54, 1.807) is 12.1 Å². The van der Waals surface area contributed by atoms with Gasteiger partial charge in [-0.15, -0.1) is 11.3 Å². The number of thiophene rings is 1. The number of benzene rings is 1. The van der Waals surface area contributed by atoms with E-state index in [1.165, 1.54) is 23.1 Å². The Bertz CT molecular complexity index is 1250. The highest BCUT2D eigenvalue weighted by atomic mass is 35.5. The van der Waals surface area contributed by atoms with E-state index in [0.717, 1.165) is 30.6 Å². The Labute approximate surface area is 247 Å². The van der Waals surface area contributed by atoms with Crippen molar-refractivity contribution in [3.8, 4) is 5.75 Å². The molecule has 41 heavy (non-hydrogen) atoms. The average Bonchev–Trinajstić information content (AvgIpc) is 3.29. The number of rotatable bonds is 11. The summed E-state index contributed by atoms with van der Waals surface area (Å²) in [4.78, 5) is 42.9. The zero-order valence-electron chi connectivity index (χ0n) is 23.3. The van der Waals surface area contributed by atoms with Gasteiger partial charge in [0, 0.05) is 37.4 Å². The summed E-state index contributed by atoms with van der Waals surface area (Å²) < 4.78 is 37.0. The minimum absolute atomic E-state index is 0.0352. The summed E-state index contributed by atoms with van der Waals surface area (Å²) in [6.07, 6.45) is 2.92. The predicted molar refractivity (Wildman–Crippen MR) is 154 cm³/mol. The number of amides is 3. The number of ether oxygens (including phenoxy) is 2. The molecule has 0 spiro atoms. The van der Waals surface area contributed by atoms with Gasteiger partial charge in [0.2, 0.25) is 5.91 Å². The topological polar surface area (TPSA) is 100 Å². The van der Waals surface area contributed by atoms with Crippen molar-refractivity contribution in [2.24, 2.45) is 5.41 Å². The smallest absolute Gasteiger partial charge is 0.387 e. The molecule has 224 valence electrons. The van der Waals surface area contributed by atoms with Crippen LogP contribution < -0.4 is 20.3 Å². The summed E-state index contributed by atoms with van der Waals surface area (Å²) in [6, 6.07) is 6.98. The van der Waals surface area contributed by atoms with Gasteiger partial charge in [0.15, 0.2) is 5.75 Å². The molecule has 1 aromatic carbocycles. The summed E-state index contributed by atoms with van der Waals surface area (Å²) in [7, 11) is 0. The van der Waals surface area contributed by atoms with Crippen LogP contribution in [0.5, 0.6) is 5.75 Å². The van der Waals surface area contributed by atoms with Crippen molar-refractivity contribution in [2.75, 3.05) is 43.1 Å². The highest BCUT2D eigenvalue weighted by molar-refractivity contribution is 7.18. The van der Waals surface area contributed by atoms with Gasteiger partial charge in [-0.05, 0) is 42.5 Å². The molecular formula is C28H35ClF2N4O5S. The second-order valence-corrected chi connectivity index (χ2v) is 13.0. The van der Waals surface area contributed by atoms with Crippen LogP contribution in [0, 0.1) is 5.41 Å². The van der Waals surface area contributed by atoms with Crippen molar-refractivity contribution in [1.29, 1.82) is 0 Å². The molecule has 1 saturated carbocycles. The maximum Gasteiger partial charge on any atom is 0.387 e. The van der Waals surface area contributed by atoms with Crippen molar-refractivity contribution in [2.45, 2.75) is 58.7 Å². The summed E-state index contributed by atoms with van der Waals surface area (Å²) in [5.41, 5.74) is 0.254. The molecule has 0 unspecified atom stereocenters. The van der Waals surface area contributed by atoms with Gasteiger partial charge in [-0.3, -0.25) is 19.3 Å². The van der Waals surface area contributed by atoms with Gasteiger partial charge in [0.1, 0.15) is 12.6 Å². The zero-order valence-corrected chi connectivity index (χ0v) is 24.8. The number of carbonyl (C=O) groups excluding carboxylic acids is 3. The van der Waals surface area contributed by atoms with Crippen LogP contribution in [0.4, 0.5) is 20.2 Å². The lowest BCUT2D eigenvalue weighted by Gasteiger charge is -2.44. The fourth-order valence-electron chi connectivity index (χ4n) is 4.84. The SMILES string of the molecule is CC(C)(C)CN(C1CCC1)[C@@H](CNC(=O)c1ccc(Cl)s1)C(=O)Nc1ccc(N2CCOCC2=O)c(OC(F)F)c1. The Balaban J connectivity index is 1.59. The number of halogens is 3. The van der Waals surface area contributed by atoms with Crippen LogP contribution in [0.1, 0.15) is 49.7 Å². The van der Waals surface area contributed by atoms with Crippen LogP contribution in [0.15, 0.2) is 30.3 Å². The van der Waals surface area contributed by atoms with Crippen LogP contribution in [0.3, 0.4) is 0 Å². The normalized spacial score (nSPS) is 17.0. The molecule has 1 aliphatic carbocycles. The predicted octanol–water partition coefficient (Wildman–Crippen LogP) is 5.00. The Hall–Kier alpha value is -2.80. The van der Waals surface area contributed by atoms with Crippen molar-refractivity contribution in [3.63, 3.8) is 0 Å². The molecule has 1 aliphatic heterocycles. The van der Waals surface area contributed by atoms with Crippen molar-refractivity contribution >= 4 is 52.0 Å². The van der Waals surface area contributed by atoms with Gasteiger partial charge in [-0.1, -0.05) is 38.8 Å². The third kappa shape index (κ3) is 8.37. The number of nitrogens with zero attached hydrogens (tertiary/aromatic N) is 2. The van der Waals surface area contributed by atoms with Crippen LogP contribution in [-0.4, -0.2) is 74.2 Å². The maximum absolute atomic E-state index is 13.8. The minimum Gasteiger partial charge on any atom is -0.433 e. The standard InChI is InChI=1S/C28H35ClF2N4O5S/c1-28(2,3)16-35(18-5-4-6-18)20(14-32-26(38)22-9-10-23(29)41-22)25(37)33-17-7-8-19(21(13-17)40-27(30)31)34-11-12-39-15-24(34)36/h7-10,13,18,20,27H,4-6,11-12,14-16H2,1-3H3,(H,32,38)(H,33,37)/t20-/m0/s1. The lowest BCUT2D eigenvalue weighted by atomic mass is 9.86. The maximum atomic E-state index is 13.8. The molecule has 1 saturated heterocycles. The quantitative estimate of drug-likeness (QED) is 0.370. The van der Waals surface area contributed by atoms with Crippen LogP contribution >= 0.6 is 22.9 Å². The fraction of sp³-hybridized carbons (Fsp3) is 0.536. The van der Waals surface area contributed by atoms with E-state index < -0.39 is 18.6 Å². The monoisotopic (exact) mass is 612 g/mol. The summed E-state index contributed by atoms with van der Waals surface area (Å²) >= 11 is 7.14. The van der Waals surface area contributed by atoms with E-state index in [0.29, 0.717) is 15.8 Å². The summed E-state index contributed by atoms with van der Waals surface area (Å²) in [6.45, 7) is 4.03. The molecule has 0 radical (unpaired) electrons. The summed E-state index contributed by atoms with van der Waals surface area (Å²) in [5, 5.41) is 5.70. The largest absolute Gasteiger partial charge is 0.433 e. The van der Waals surface area contributed by atoms with E-state index >= 15 is 0 Å². The van der Waals surface area contributed by atoms with E-state index in [2.05, 4.69) is 36.3 Å². The Morgan fingerprint density at radius 2 is 2.00 bits per heavy atom. The number of hydrogen-bond acceptors (Lipinski definition) is 7. The molecule has 2 N–H and O–H groups in total. The first-order chi connectivity index (χ1) is 19.4.